The summed E-state index contributed by atoms with van der Waals surface area (Å²) in [6, 6.07) is -0.322. The molecule has 4 fully saturated rings. The number of aliphatic hydroxyl groups excluding tert-OH is 1. The number of hydrogen-bond acceptors (Lipinski definition) is 7. The number of aliphatic hydroxyl groups is 1. The minimum absolute atomic E-state index is 0.0343. The standard InChI is InChI=1S/C27H33ClFN7O2/c1-26-7-5-16(37)9-14(26)3-4-17-18(26)6-8-27(2)19(17)10-20(22(27)38)36-12-15(33-34-36)11-35-13-30-21-23(28)31-25(29)32-24(21)35/h12-14,16-20,37H,3-11H2,1-2H3/t14-,16-,17+,18-,19-,20-,26-,27-/m0/s1. The van der Waals surface area contributed by atoms with Crippen LogP contribution < -0.4 is 0 Å². The third-order valence-corrected chi connectivity index (χ3v) is 11.2. The van der Waals surface area contributed by atoms with Crippen LogP contribution in [0.2, 0.25) is 5.15 Å². The van der Waals surface area contributed by atoms with Gasteiger partial charge >= 0.3 is 6.08 Å². The highest BCUT2D eigenvalue weighted by Gasteiger charge is 2.62. The number of rotatable bonds is 3. The summed E-state index contributed by atoms with van der Waals surface area (Å²) in [5.41, 5.74) is 1.19. The molecule has 202 valence electrons. The van der Waals surface area contributed by atoms with Crippen LogP contribution in [0.25, 0.3) is 11.2 Å². The number of nitrogens with zero attached hydrogens (tertiary/aromatic N) is 7. The first-order chi connectivity index (χ1) is 18.2. The summed E-state index contributed by atoms with van der Waals surface area (Å²) >= 11 is 6.01. The number of halogens is 2. The van der Waals surface area contributed by atoms with E-state index in [1.165, 1.54) is 6.33 Å². The number of aromatic nitrogens is 7. The van der Waals surface area contributed by atoms with Gasteiger partial charge in [-0.3, -0.25) is 4.79 Å². The van der Waals surface area contributed by atoms with Gasteiger partial charge in [-0.15, -0.1) is 5.10 Å². The van der Waals surface area contributed by atoms with Crippen LogP contribution in [0.1, 0.15) is 76.9 Å². The molecule has 0 amide bonds. The van der Waals surface area contributed by atoms with Crippen molar-refractivity contribution in [1.82, 2.24) is 34.5 Å². The lowest BCUT2D eigenvalue weighted by Gasteiger charge is -2.60. The average molecular weight is 542 g/mol. The molecule has 0 aromatic carbocycles. The summed E-state index contributed by atoms with van der Waals surface area (Å²) < 4.78 is 17.1. The minimum Gasteiger partial charge on any atom is -0.393 e. The highest BCUT2D eigenvalue weighted by atomic mass is 35.5. The maximum Gasteiger partial charge on any atom is 0.312 e. The van der Waals surface area contributed by atoms with Crippen LogP contribution in [-0.4, -0.2) is 51.5 Å². The van der Waals surface area contributed by atoms with Crippen LogP contribution in [-0.2, 0) is 11.3 Å². The van der Waals surface area contributed by atoms with Gasteiger partial charge in [-0.1, -0.05) is 30.7 Å². The fourth-order valence-corrected chi connectivity index (χ4v) is 9.17. The van der Waals surface area contributed by atoms with Crippen LogP contribution in [0.3, 0.4) is 0 Å². The number of Topliss-reactive ketones (excluding diaryl/α,β-unsaturated/α-hetero) is 1. The van der Waals surface area contributed by atoms with Gasteiger partial charge in [-0.25, -0.2) is 9.67 Å². The normalized spacial score (nSPS) is 38.7. The van der Waals surface area contributed by atoms with Gasteiger partial charge in [0.15, 0.2) is 16.6 Å². The number of ketones is 1. The van der Waals surface area contributed by atoms with E-state index in [0.717, 1.165) is 51.4 Å². The second-order valence-corrected chi connectivity index (χ2v) is 13.0. The lowest BCUT2D eigenvalue weighted by molar-refractivity contribution is -0.143. The maximum atomic E-state index is 13.9. The zero-order valence-corrected chi connectivity index (χ0v) is 22.5. The van der Waals surface area contributed by atoms with Crippen LogP contribution in [0.4, 0.5) is 4.39 Å². The number of hydrogen-bond donors (Lipinski definition) is 1. The summed E-state index contributed by atoms with van der Waals surface area (Å²) in [7, 11) is 0. The Labute approximate surface area is 225 Å². The van der Waals surface area contributed by atoms with Gasteiger partial charge in [-0.05, 0) is 80.5 Å². The van der Waals surface area contributed by atoms with Gasteiger partial charge < -0.3 is 9.67 Å². The molecule has 8 atom stereocenters. The second-order valence-electron chi connectivity index (χ2n) is 12.7. The molecule has 4 saturated carbocycles. The van der Waals surface area contributed by atoms with Crippen molar-refractivity contribution in [3.8, 4) is 0 Å². The molecule has 4 aliphatic carbocycles. The third kappa shape index (κ3) is 3.51. The SMILES string of the molecule is C[C@]12CC[C@H](O)C[C@@H]1CC[C@@H]1[C@@H]2CC[C@]2(C)C(=O)[C@@H](n3cc(Cn4cnc5c(Cl)nc(F)nc54)nn3)C[C@@H]12. The summed E-state index contributed by atoms with van der Waals surface area (Å²) in [5, 5.41) is 19.0. The van der Waals surface area contributed by atoms with Crippen LogP contribution in [0.5, 0.6) is 0 Å². The van der Waals surface area contributed by atoms with Gasteiger partial charge in [0.05, 0.1) is 25.2 Å². The molecule has 0 spiro atoms. The van der Waals surface area contributed by atoms with Gasteiger partial charge in [0.1, 0.15) is 17.3 Å². The quantitative estimate of drug-likeness (QED) is 0.387. The fraction of sp³-hybridized carbons (Fsp3) is 0.704. The first-order valence-electron chi connectivity index (χ1n) is 13.8. The maximum absolute atomic E-state index is 13.9. The van der Waals surface area contributed by atoms with Gasteiger partial charge in [0.25, 0.3) is 0 Å². The summed E-state index contributed by atoms with van der Waals surface area (Å²) in [4.78, 5) is 25.5. The molecule has 0 unspecified atom stereocenters. The molecule has 38 heavy (non-hydrogen) atoms. The predicted molar refractivity (Wildman–Crippen MR) is 137 cm³/mol. The topological polar surface area (TPSA) is 112 Å². The Bertz CT molecular complexity index is 1430. The van der Waals surface area contributed by atoms with E-state index >= 15 is 0 Å². The zero-order chi connectivity index (χ0) is 26.4. The Kier molecular flexibility index (Phi) is 5.51. The third-order valence-electron chi connectivity index (χ3n) is 11.0. The molecular weight excluding hydrogens is 509 g/mol. The number of fused-ring (bicyclic) bond motifs is 6. The zero-order valence-electron chi connectivity index (χ0n) is 21.7. The van der Waals surface area contributed by atoms with E-state index in [4.69, 9.17) is 11.6 Å². The highest BCUT2D eigenvalue weighted by molar-refractivity contribution is 6.33. The predicted octanol–water partition coefficient (Wildman–Crippen LogP) is 4.38. The Hall–Kier alpha value is -2.46. The van der Waals surface area contributed by atoms with Gasteiger partial charge in [0.2, 0.25) is 0 Å². The molecule has 9 nitrogen and oxygen atoms in total. The minimum atomic E-state index is -0.911. The summed E-state index contributed by atoms with van der Waals surface area (Å²) in [6.07, 6.45) is 10.3. The van der Waals surface area contributed by atoms with Crippen LogP contribution >= 0.6 is 11.6 Å². The smallest absolute Gasteiger partial charge is 0.312 e. The number of carbonyl (C=O) groups excluding carboxylic acids is 1. The number of carbonyl (C=O) groups is 1. The first kappa shape index (κ1) is 24.6. The van der Waals surface area contributed by atoms with E-state index in [-0.39, 0.29) is 46.1 Å². The van der Waals surface area contributed by atoms with Crippen molar-refractivity contribution in [1.29, 1.82) is 0 Å². The van der Waals surface area contributed by atoms with Crippen molar-refractivity contribution < 1.29 is 14.3 Å². The molecule has 3 heterocycles. The Balaban J connectivity index is 1.13. The Morgan fingerprint density at radius 3 is 2.82 bits per heavy atom. The summed E-state index contributed by atoms with van der Waals surface area (Å²) in [5.74, 6) is 2.37. The van der Waals surface area contributed by atoms with Crippen molar-refractivity contribution in [2.24, 2.45) is 34.5 Å². The highest BCUT2D eigenvalue weighted by Crippen LogP contribution is 2.66. The van der Waals surface area contributed by atoms with Crippen LogP contribution in [0, 0.1) is 40.6 Å². The monoisotopic (exact) mass is 541 g/mol. The molecule has 3 aromatic rings. The fourth-order valence-electron chi connectivity index (χ4n) is 8.97. The van der Waals surface area contributed by atoms with E-state index in [1.807, 2.05) is 6.20 Å². The Morgan fingerprint density at radius 1 is 1.13 bits per heavy atom. The lowest BCUT2D eigenvalue weighted by atomic mass is 9.45. The second kappa shape index (κ2) is 8.52. The van der Waals surface area contributed by atoms with E-state index in [2.05, 4.69) is 39.1 Å². The molecule has 0 saturated heterocycles. The molecule has 0 bridgehead atoms. The van der Waals surface area contributed by atoms with Crippen molar-refractivity contribution in [2.75, 3.05) is 0 Å². The van der Waals surface area contributed by atoms with E-state index in [9.17, 15) is 14.3 Å². The molecule has 0 radical (unpaired) electrons. The molecule has 3 aromatic heterocycles. The largest absolute Gasteiger partial charge is 0.393 e. The van der Waals surface area contributed by atoms with Crippen molar-refractivity contribution in [3.63, 3.8) is 0 Å². The summed E-state index contributed by atoms with van der Waals surface area (Å²) in [6.45, 7) is 4.93. The van der Waals surface area contributed by atoms with Crippen molar-refractivity contribution in [2.45, 2.75) is 83.9 Å². The van der Waals surface area contributed by atoms with E-state index < -0.39 is 6.08 Å². The molecular formula is C27H33ClFN7O2. The van der Waals surface area contributed by atoms with Gasteiger partial charge in [0, 0.05) is 5.41 Å². The van der Waals surface area contributed by atoms with Gasteiger partial charge in [-0.2, -0.15) is 14.4 Å². The average Bonchev–Trinajstić information content (AvgIpc) is 3.57. The van der Waals surface area contributed by atoms with E-state index in [0.29, 0.717) is 34.9 Å². The number of imidazole rings is 1. The molecule has 4 aliphatic rings. The molecule has 1 N–H and O–H groups in total. The van der Waals surface area contributed by atoms with Crippen molar-refractivity contribution in [3.05, 3.63) is 29.4 Å². The van der Waals surface area contributed by atoms with E-state index in [1.54, 1.807) is 9.25 Å². The van der Waals surface area contributed by atoms with Crippen LogP contribution in [0.15, 0.2) is 12.5 Å². The Morgan fingerprint density at radius 2 is 1.97 bits per heavy atom. The van der Waals surface area contributed by atoms with Crippen molar-refractivity contribution >= 4 is 28.5 Å². The molecule has 11 heteroatoms. The lowest BCUT2D eigenvalue weighted by Crippen LogP contribution is -2.54. The molecule has 7 rings (SSSR count). The first-order valence-corrected chi connectivity index (χ1v) is 14.2. The molecule has 0 aliphatic heterocycles.